The van der Waals surface area contributed by atoms with Gasteiger partial charge in [-0.05, 0) is 36.8 Å². The van der Waals surface area contributed by atoms with E-state index in [0.717, 1.165) is 44.2 Å². The van der Waals surface area contributed by atoms with E-state index in [0.29, 0.717) is 6.61 Å². The molecule has 1 aliphatic heterocycles. The number of benzene rings is 2. The first-order valence-corrected chi connectivity index (χ1v) is 8.91. The molecule has 3 heteroatoms. The highest BCUT2D eigenvalue weighted by molar-refractivity contribution is 5.38. The molecule has 1 unspecified atom stereocenters. The summed E-state index contributed by atoms with van der Waals surface area (Å²) >= 11 is 0. The molecule has 1 aliphatic rings. The Hall–Kier alpha value is -2.28. The number of hydrogen-bond donors (Lipinski definition) is 0. The van der Waals surface area contributed by atoms with Crippen molar-refractivity contribution in [3.63, 3.8) is 0 Å². The molecule has 1 heterocycles. The number of nitrogens with zero attached hydrogens (tertiary/aromatic N) is 1. The second-order valence-corrected chi connectivity index (χ2v) is 6.23. The second-order valence-electron chi connectivity index (χ2n) is 6.23. The van der Waals surface area contributed by atoms with Crippen LogP contribution in [-0.4, -0.2) is 44.4 Å². The number of hydrogen-bond acceptors (Lipinski definition) is 3. The summed E-state index contributed by atoms with van der Waals surface area (Å²) in [5.41, 5.74) is 2.27. The van der Waals surface area contributed by atoms with Gasteiger partial charge in [-0.1, -0.05) is 42.2 Å². The molecule has 3 rings (SSSR count). The maximum absolute atomic E-state index is 5.85. The lowest BCUT2D eigenvalue weighted by Crippen LogP contribution is -2.38. The molecule has 0 aromatic heterocycles. The first-order chi connectivity index (χ1) is 12.3. The van der Waals surface area contributed by atoms with Gasteiger partial charge in [0.1, 0.15) is 12.4 Å². The van der Waals surface area contributed by atoms with Crippen LogP contribution in [0.15, 0.2) is 54.6 Å². The molecular weight excluding hydrogens is 310 g/mol. The van der Waals surface area contributed by atoms with Crippen molar-refractivity contribution in [3.05, 3.63) is 65.7 Å². The SMILES string of the molecule is CC(C#Cc1ccccc1)c1ccc(OCCN2CCOCC2)cc1. The number of rotatable bonds is 5. The summed E-state index contributed by atoms with van der Waals surface area (Å²) in [5, 5.41) is 0. The third kappa shape index (κ3) is 5.63. The van der Waals surface area contributed by atoms with Crippen LogP contribution in [0.3, 0.4) is 0 Å². The maximum Gasteiger partial charge on any atom is 0.119 e. The van der Waals surface area contributed by atoms with Gasteiger partial charge >= 0.3 is 0 Å². The Labute approximate surface area is 150 Å². The van der Waals surface area contributed by atoms with E-state index < -0.39 is 0 Å². The van der Waals surface area contributed by atoms with Crippen LogP contribution in [0.5, 0.6) is 5.75 Å². The molecule has 130 valence electrons. The zero-order valence-electron chi connectivity index (χ0n) is 14.8. The van der Waals surface area contributed by atoms with Crippen molar-refractivity contribution in [2.24, 2.45) is 0 Å². The average molecular weight is 335 g/mol. The standard InChI is InChI=1S/C22H25NO2/c1-19(7-8-20-5-3-2-4-6-20)21-9-11-22(12-10-21)25-18-15-23-13-16-24-17-14-23/h2-6,9-12,19H,13-18H2,1H3. The van der Waals surface area contributed by atoms with Gasteiger partial charge in [0, 0.05) is 31.1 Å². The maximum atomic E-state index is 5.85. The van der Waals surface area contributed by atoms with Crippen molar-refractivity contribution in [1.82, 2.24) is 4.90 Å². The molecule has 0 radical (unpaired) electrons. The quantitative estimate of drug-likeness (QED) is 0.780. The smallest absolute Gasteiger partial charge is 0.119 e. The summed E-state index contributed by atoms with van der Waals surface area (Å²) < 4.78 is 11.2. The molecule has 3 nitrogen and oxygen atoms in total. The van der Waals surface area contributed by atoms with Crippen LogP contribution in [0.2, 0.25) is 0 Å². The fraction of sp³-hybridized carbons (Fsp3) is 0.364. The van der Waals surface area contributed by atoms with Gasteiger partial charge in [-0.3, -0.25) is 4.90 Å². The highest BCUT2D eigenvalue weighted by Crippen LogP contribution is 2.19. The number of morpholine rings is 1. The van der Waals surface area contributed by atoms with E-state index in [9.17, 15) is 0 Å². The predicted octanol–water partition coefficient (Wildman–Crippen LogP) is 3.55. The van der Waals surface area contributed by atoms with Gasteiger partial charge < -0.3 is 9.47 Å². The molecule has 1 atom stereocenters. The summed E-state index contributed by atoms with van der Waals surface area (Å²) in [7, 11) is 0. The van der Waals surface area contributed by atoms with Crippen LogP contribution in [-0.2, 0) is 4.74 Å². The van der Waals surface area contributed by atoms with Crippen molar-refractivity contribution < 1.29 is 9.47 Å². The van der Waals surface area contributed by atoms with E-state index in [-0.39, 0.29) is 5.92 Å². The molecule has 0 amide bonds. The summed E-state index contributed by atoms with van der Waals surface area (Å²) in [4.78, 5) is 2.37. The van der Waals surface area contributed by atoms with Gasteiger partial charge in [-0.15, -0.1) is 0 Å². The summed E-state index contributed by atoms with van der Waals surface area (Å²) in [5.74, 6) is 7.66. The largest absolute Gasteiger partial charge is 0.492 e. The molecular formula is C22H25NO2. The van der Waals surface area contributed by atoms with E-state index in [1.54, 1.807) is 0 Å². The van der Waals surface area contributed by atoms with E-state index in [1.165, 1.54) is 5.56 Å². The second kappa shape index (κ2) is 9.27. The monoisotopic (exact) mass is 335 g/mol. The van der Waals surface area contributed by atoms with E-state index in [2.05, 4.69) is 35.8 Å². The Morgan fingerprint density at radius 1 is 1.04 bits per heavy atom. The van der Waals surface area contributed by atoms with Gasteiger partial charge in [0.25, 0.3) is 0 Å². The van der Waals surface area contributed by atoms with Crippen molar-refractivity contribution in [1.29, 1.82) is 0 Å². The topological polar surface area (TPSA) is 21.7 Å². The van der Waals surface area contributed by atoms with Crippen LogP contribution in [0.25, 0.3) is 0 Å². The molecule has 2 aromatic rings. The molecule has 2 aromatic carbocycles. The minimum Gasteiger partial charge on any atom is -0.492 e. The fourth-order valence-electron chi connectivity index (χ4n) is 2.77. The normalized spacial score (nSPS) is 15.9. The Kier molecular flexibility index (Phi) is 6.50. The summed E-state index contributed by atoms with van der Waals surface area (Å²) in [6, 6.07) is 18.4. The fourth-order valence-corrected chi connectivity index (χ4v) is 2.77. The predicted molar refractivity (Wildman–Crippen MR) is 101 cm³/mol. The number of ether oxygens (including phenoxy) is 2. The van der Waals surface area contributed by atoms with Crippen LogP contribution in [0.4, 0.5) is 0 Å². The van der Waals surface area contributed by atoms with E-state index in [1.807, 2.05) is 42.5 Å². The first kappa shape index (κ1) is 17.5. The third-order valence-corrected chi connectivity index (χ3v) is 4.37. The zero-order valence-corrected chi connectivity index (χ0v) is 14.8. The van der Waals surface area contributed by atoms with Gasteiger partial charge in [-0.25, -0.2) is 0 Å². The first-order valence-electron chi connectivity index (χ1n) is 8.91. The highest BCUT2D eigenvalue weighted by Gasteiger charge is 2.09. The molecule has 0 aliphatic carbocycles. The van der Waals surface area contributed by atoms with Crippen molar-refractivity contribution in [3.8, 4) is 17.6 Å². The van der Waals surface area contributed by atoms with Crippen LogP contribution in [0, 0.1) is 11.8 Å². The zero-order chi connectivity index (χ0) is 17.3. The van der Waals surface area contributed by atoms with Gasteiger partial charge in [0.15, 0.2) is 0 Å². The highest BCUT2D eigenvalue weighted by atomic mass is 16.5. The molecule has 0 saturated carbocycles. The summed E-state index contributed by atoms with van der Waals surface area (Å²) in [6.07, 6.45) is 0. The van der Waals surface area contributed by atoms with Gasteiger partial charge in [0.05, 0.1) is 13.2 Å². The lowest BCUT2D eigenvalue weighted by molar-refractivity contribution is 0.0322. The van der Waals surface area contributed by atoms with Crippen molar-refractivity contribution in [2.45, 2.75) is 12.8 Å². The molecule has 0 N–H and O–H groups in total. The van der Waals surface area contributed by atoms with Crippen molar-refractivity contribution >= 4 is 0 Å². The van der Waals surface area contributed by atoms with Gasteiger partial charge in [0.2, 0.25) is 0 Å². The Bertz CT molecular complexity index is 694. The molecule has 0 spiro atoms. The minimum absolute atomic E-state index is 0.197. The molecule has 0 bridgehead atoms. The van der Waals surface area contributed by atoms with E-state index >= 15 is 0 Å². The molecule has 25 heavy (non-hydrogen) atoms. The van der Waals surface area contributed by atoms with E-state index in [4.69, 9.17) is 9.47 Å². The van der Waals surface area contributed by atoms with Crippen LogP contribution in [0.1, 0.15) is 24.0 Å². The van der Waals surface area contributed by atoms with Crippen molar-refractivity contribution in [2.75, 3.05) is 39.5 Å². The minimum atomic E-state index is 0.197. The molecule has 1 fully saturated rings. The molecule has 1 saturated heterocycles. The average Bonchev–Trinajstić information content (AvgIpc) is 2.68. The summed E-state index contributed by atoms with van der Waals surface area (Å²) in [6.45, 7) is 7.45. The van der Waals surface area contributed by atoms with Crippen LogP contribution < -0.4 is 4.74 Å². The Morgan fingerprint density at radius 2 is 1.76 bits per heavy atom. The lowest BCUT2D eigenvalue weighted by atomic mass is 10.0. The van der Waals surface area contributed by atoms with Crippen LogP contribution >= 0.6 is 0 Å². The third-order valence-electron chi connectivity index (χ3n) is 4.37. The van der Waals surface area contributed by atoms with Gasteiger partial charge in [-0.2, -0.15) is 0 Å². The lowest BCUT2D eigenvalue weighted by Gasteiger charge is -2.26. The Morgan fingerprint density at radius 3 is 2.48 bits per heavy atom. The Balaban J connectivity index is 1.48.